The van der Waals surface area contributed by atoms with Crippen molar-refractivity contribution in [1.29, 1.82) is 0 Å². The zero-order valence-electron chi connectivity index (χ0n) is 11.4. The standard InChI is InChI=1S/C15H21NO2/c1-4-11-9-12(5-6-13(11)18-3)14(17)15(7-8-15)10-16-2/h5-6,9,16H,4,7-8,10H2,1-3H3. The summed E-state index contributed by atoms with van der Waals surface area (Å²) >= 11 is 0. The molecule has 2 rings (SSSR count). The Labute approximate surface area is 109 Å². The third kappa shape index (κ3) is 2.27. The molecule has 1 aliphatic rings. The van der Waals surface area contributed by atoms with Gasteiger partial charge < -0.3 is 10.1 Å². The predicted molar refractivity (Wildman–Crippen MR) is 72.3 cm³/mol. The average molecular weight is 247 g/mol. The second-order valence-electron chi connectivity index (χ2n) is 5.02. The van der Waals surface area contributed by atoms with E-state index >= 15 is 0 Å². The second-order valence-corrected chi connectivity index (χ2v) is 5.02. The van der Waals surface area contributed by atoms with Gasteiger partial charge in [0, 0.05) is 17.5 Å². The first-order valence-electron chi connectivity index (χ1n) is 6.53. The van der Waals surface area contributed by atoms with Gasteiger partial charge in [-0.25, -0.2) is 0 Å². The maximum atomic E-state index is 12.5. The molecule has 0 bridgehead atoms. The third-order valence-electron chi connectivity index (χ3n) is 3.77. The van der Waals surface area contributed by atoms with E-state index in [0.29, 0.717) is 0 Å². The molecule has 1 aromatic rings. The van der Waals surface area contributed by atoms with Crippen LogP contribution in [-0.2, 0) is 6.42 Å². The largest absolute Gasteiger partial charge is 0.496 e. The Morgan fingerprint density at radius 3 is 2.67 bits per heavy atom. The molecule has 1 N–H and O–H groups in total. The van der Waals surface area contributed by atoms with Crippen LogP contribution < -0.4 is 10.1 Å². The van der Waals surface area contributed by atoms with E-state index in [1.807, 2.05) is 25.2 Å². The number of hydrogen-bond acceptors (Lipinski definition) is 3. The molecule has 1 saturated carbocycles. The van der Waals surface area contributed by atoms with E-state index < -0.39 is 0 Å². The molecule has 0 aliphatic heterocycles. The van der Waals surface area contributed by atoms with E-state index in [1.54, 1.807) is 7.11 Å². The predicted octanol–water partition coefficient (Wildman–Crippen LogP) is 2.44. The van der Waals surface area contributed by atoms with Crippen LogP contribution in [0.5, 0.6) is 5.75 Å². The molecule has 18 heavy (non-hydrogen) atoms. The van der Waals surface area contributed by atoms with E-state index in [1.165, 1.54) is 0 Å². The zero-order valence-corrected chi connectivity index (χ0v) is 11.4. The highest BCUT2D eigenvalue weighted by molar-refractivity contribution is 6.02. The highest BCUT2D eigenvalue weighted by Gasteiger charge is 2.49. The van der Waals surface area contributed by atoms with E-state index in [2.05, 4.69) is 12.2 Å². The van der Waals surface area contributed by atoms with Gasteiger partial charge in [-0.2, -0.15) is 0 Å². The van der Waals surface area contributed by atoms with Gasteiger partial charge in [0.2, 0.25) is 0 Å². The molecule has 0 amide bonds. The number of ketones is 1. The van der Waals surface area contributed by atoms with Crippen LogP contribution in [0.25, 0.3) is 0 Å². The minimum atomic E-state index is -0.144. The van der Waals surface area contributed by atoms with Crippen LogP contribution >= 0.6 is 0 Å². The van der Waals surface area contributed by atoms with Crippen molar-refractivity contribution >= 4 is 5.78 Å². The lowest BCUT2D eigenvalue weighted by atomic mass is 9.93. The number of carbonyl (C=O) groups excluding carboxylic acids is 1. The summed E-state index contributed by atoms with van der Waals surface area (Å²) in [6.07, 6.45) is 2.88. The van der Waals surface area contributed by atoms with Gasteiger partial charge in [0.25, 0.3) is 0 Å². The molecule has 3 heteroatoms. The number of rotatable bonds is 6. The Morgan fingerprint density at radius 1 is 1.44 bits per heavy atom. The van der Waals surface area contributed by atoms with Crippen molar-refractivity contribution in [3.63, 3.8) is 0 Å². The van der Waals surface area contributed by atoms with Gasteiger partial charge in [0.1, 0.15) is 5.75 Å². The summed E-state index contributed by atoms with van der Waals surface area (Å²) in [4.78, 5) is 12.5. The molecule has 3 nitrogen and oxygen atoms in total. The molecule has 0 radical (unpaired) electrons. The summed E-state index contributed by atoms with van der Waals surface area (Å²) in [7, 11) is 3.57. The van der Waals surface area contributed by atoms with Crippen molar-refractivity contribution in [3.8, 4) is 5.75 Å². The molecule has 0 unspecified atom stereocenters. The van der Waals surface area contributed by atoms with Crippen molar-refractivity contribution in [3.05, 3.63) is 29.3 Å². The number of hydrogen-bond donors (Lipinski definition) is 1. The molecule has 0 aromatic heterocycles. The zero-order chi connectivity index (χ0) is 13.2. The molecule has 1 fully saturated rings. The van der Waals surface area contributed by atoms with Crippen molar-refractivity contribution < 1.29 is 9.53 Å². The first kappa shape index (κ1) is 13.1. The molecule has 1 aliphatic carbocycles. The monoisotopic (exact) mass is 247 g/mol. The summed E-state index contributed by atoms with van der Waals surface area (Å²) < 4.78 is 5.30. The lowest BCUT2D eigenvalue weighted by Crippen LogP contribution is -2.28. The fourth-order valence-electron chi connectivity index (χ4n) is 2.48. The molecule has 0 atom stereocenters. The fourth-order valence-corrected chi connectivity index (χ4v) is 2.48. The van der Waals surface area contributed by atoms with Gasteiger partial charge in [0.05, 0.1) is 7.11 Å². The summed E-state index contributed by atoms with van der Waals surface area (Å²) in [6.45, 7) is 2.85. The number of benzene rings is 1. The number of methoxy groups -OCH3 is 1. The van der Waals surface area contributed by atoms with Crippen LogP contribution in [0.3, 0.4) is 0 Å². The maximum Gasteiger partial charge on any atom is 0.170 e. The van der Waals surface area contributed by atoms with E-state index in [9.17, 15) is 4.79 Å². The topological polar surface area (TPSA) is 38.3 Å². The molecule has 0 spiro atoms. The van der Waals surface area contributed by atoms with Crippen molar-refractivity contribution in [2.24, 2.45) is 5.41 Å². The lowest BCUT2D eigenvalue weighted by Gasteiger charge is -2.15. The molecule has 0 saturated heterocycles. The number of nitrogens with one attached hydrogen (secondary N) is 1. The van der Waals surface area contributed by atoms with Crippen molar-refractivity contribution in [2.45, 2.75) is 26.2 Å². The highest BCUT2D eigenvalue weighted by Crippen LogP contribution is 2.47. The number of carbonyl (C=O) groups is 1. The van der Waals surface area contributed by atoms with Gasteiger partial charge >= 0.3 is 0 Å². The Balaban J connectivity index is 2.26. The second kappa shape index (κ2) is 5.11. The minimum Gasteiger partial charge on any atom is -0.496 e. The summed E-state index contributed by atoms with van der Waals surface area (Å²) in [6, 6.07) is 5.77. The van der Waals surface area contributed by atoms with Crippen molar-refractivity contribution in [1.82, 2.24) is 5.32 Å². The number of Topliss-reactive ketones (excluding diaryl/α,β-unsaturated/α-hetero) is 1. The first-order valence-corrected chi connectivity index (χ1v) is 6.53. The van der Waals surface area contributed by atoms with Gasteiger partial charge in [-0.1, -0.05) is 6.92 Å². The highest BCUT2D eigenvalue weighted by atomic mass is 16.5. The number of ether oxygens (including phenoxy) is 1. The van der Waals surface area contributed by atoms with Crippen LogP contribution in [0.15, 0.2) is 18.2 Å². The summed E-state index contributed by atoms with van der Waals surface area (Å²) in [5, 5.41) is 3.13. The van der Waals surface area contributed by atoms with E-state index in [4.69, 9.17) is 4.74 Å². The molecule has 98 valence electrons. The Hall–Kier alpha value is -1.35. The third-order valence-corrected chi connectivity index (χ3v) is 3.77. The van der Waals surface area contributed by atoms with Crippen LogP contribution in [0.2, 0.25) is 0 Å². The van der Waals surface area contributed by atoms with Crippen LogP contribution in [-0.4, -0.2) is 26.5 Å². The maximum absolute atomic E-state index is 12.5. The van der Waals surface area contributed by atoms with Crippen LogP contribution in [0, 0.1) is 5.41 Å². The minimum absolute atomic E-state index is 0.144. The molecule has 1 aromatic carbocycles. The smallest absolute Gasteiger partial charge is 0.170 e. The Bertz CT molecular complexity index is 450. The van der Waals surface area contributed by atoms with Gasteiger partial charge in [-0.15, -0.1) is 0 Å². The van der Waals surface area contributed by atoms with Crippen LogP contribution in [0.4, 0.5) is 0 Å². The lowest BCUT2D eigenvalue weighted by molar-refractivity contribution is 0.0900. The average Bonchev–Trinajstić information content (AvgIpc) is 3.18. The normalized spacial score (nSPS) is 16.4. The van der Waals surface area contributed by atoms with E-state index in [-0.39, 0.29) is 11.2 Å². The number of aryl methyl sites for hydroxylation is 1. The summed E-state index contributed by atoms with van der Waals surface area (Å²) in [5.74, 6) is 1.14. The molecular formula is C15H21NO2. The summed E-state index contributed by atoms with van der Waals surface area (Å²) in [5.41, 5.74) is 1.78. The van der Waals surface area contributed by atoms with E-state index in [0.717, 1.165) is 42.7 Å². The fraction of sp³-hybridized carbons (Fsp3) is 0.533. The Morgan fingerprint density at radius 2 is 2.17 bits per heavy atom. The van der Waals surface area contributed by atoms with Crippen molar-refractivity contribution in [2.75, 3.05) is 20.7 Å². The quantitative estimate of drug-likeness (QED) is 0.785. The first-order chi connectivity index (χ1) is 8.66. The van der Waals surface area contributed by atoms with Gasteiger partial charge in [-0.3, -0.25) is 4.79 Å². The molecular weight excluding hydrogens is 226 g/mol. The Kier molecular flexibility index (Phi) is 3.71. The van der Waals surface area contributed by atoms with Gasteiger partial charge in [-0.05, 0) is 50.1 Å². The van der Waals surface area contributed by atoms with Gasteiger partial charge in [0.15, 0.2) is 5.78 Å². The van der Waals surface area contributed by atoms with Crippen LogP contribution in [0.1, 0.15) is 35.7 Å². The SMILES string of the molecule is CCc1cc(C(=O)C2(CNC)CC2)ccc1OC. The molecule has 0 heterocycles.